The van der Waals surface area contributed by atoms with Gasteiger partial charge < -0.3 is 15.7 Å². The second-order valence-corrected chi connectivity index (χ2v) is 4.97. The Morgan fingerprint density at radius 3 is 2.50 bits per heavy atom. The van der Waals surface area contributed by atoms with Crippen LogP contribution in [-0.4, -0.2) is 41.7 Å². The van der Waals surface area contributed by atoms with Crippen LogP contribution >= 0.6 is 0 Å². The van der Waals surface area contributed by atoms with E-state index in [2.05, 4.69) is 0 Å². The molecule has 1 unspecified atom stereocenters. The minimum atomic E-state index is -0.655. The number of nitrogens with zero attached hydrogens (tertiary/aromatic N) is 1. The Kier molecular flexibility index (Phi) is 4.74. The summed E-state index contributed by atoms with van der Waals surface area (Å²) in [5.41, 5.74) is 4.90. The molecule has 0 saturated heterocycles. The maximum atomic E-state index is 12.0. The van der Waals surface area contributed by atoms with Crippen LogP contribution in [0.25, 0.3) is 0 Å². The van der Waals surface area contributed by atoms with E-state index < -0.39 is 5.60 Å². The van der Waals surface area contributed by atoms with Gasteiger partial charge in [0.05, 0.1) is 11.5 Å². The minimum Gasteiger partial charge on any atom is -0.388 e. The van der Waals surface area contributed by atoms with Gasteiger partial charge in [-0.25, -0.2) is 0 Å². The van der Waals surface area contributed by atoms with Gasteiger partial charge in [-0.1, -0.05) is 19.8 Å². The van der Waals surface area contributed by atoms with E-state index in [0.29, 0.717) is 13.1 Å². The van der Waals surface area contributed by atoms with Crippen LogP contribution < -0.4 is 5.73 Å². The third-order valence-electron chi connectivity index (χ3n) is 3.57. The molecule has 1 rings (SSSR count). The van der Waals surface area contributed by atoms with Crippen LogP contribution in [0, 0.1) is 5.92 Å². The van der Waals surface area contributed by atoms with Gasteiger partial charge in [-0.2, -0.15) is 0 Å². The first kappa shape index (κ1) is 13.5. The predicted molar refractivity (Wildman–Crippen MR) is 63.9 cm³/mol. The van der Waals surface area contributed by atoms with Crippen LogP contribution in [0.1, 0.15) is 39.0 Å². The summed E-state index contributed by atoms with van der Waals surface area (Å²) in [6, 6.07) is 0. The van der Waals surface area contributed by atoms with E-state index in [1.807, 2.05) is 6.92 Å². The largest absolute Gasteiger partial charge is 0.388 e. The molecule has 1 amide bonds. The summed E-state index contributed by atoms with van der Waals surface area (Å²) in [6.45, 7) is 2.80. The zero-order chi connectivity index (χ0) is 12.2. The number of nitrogens with two attached hydrogens (primary N) is 1. The van der Waals surface area contributed by atoms with Crippen molar-refractivity contribution >= 4 is 5.91 Å². The normalized spacial score (nSPS) is 20.8. The molecule has 0 heterocycles. The third-order valence-corrected chi connectivity index (χ3v) is 3.57. The summed E-state index contributed by atoms with van der Waals surface area (Å²) in [4.78, 5) is 13.6. The van der Waals surface area contributed by atoms with Crippen molar-refractivity contribution in [1.82, 2.24) is 4.90 Å². The molecule has 3 N–H and O–H groups in total. The molecule has 0 radical (unpaired) electrons. The lowest BCUT2D eigenvalue weighted by molar-refractivity contribution is -0.137. The molecule has 0 bridgehead atoms. The van der Waals surface area contributed by atoms with Crippen molar-refractivity contribution in [2.75, 3.05) is 20.1 Å². The van der Waals surface area contributed by atoms with Gasteiger partial charge in [-0.3, -0.25) is 4.79 Å². The van der Waals surface area contributed by atoms with Gasteiger partial charge in [0, 0.05) is 20.1 Å². The van der Waals surface area contributed by atoms with Crippen molar-refractivity contribution < 1.29 is 9.90 Å². The Morgan fingerprint density at radius 2 is 2.06 bits per heavy atom. The highest BCUT2D eigenvalue weighted by Crippen LogP contribution is 2.30. The molecule has 0 aliphatic heterocycles. The highest BCUT2D eigenvalue weighted by molar-refractivity contribution is 5.78. The van der Waals surface area contributed by atoms with Crippen molar-refractivity contribution in [3.63, 3.8) is 0 Å². The van der Waals surface area contributed by atoms with Crippen molar-refractivity contribution in [3.05, 3.63) is 0 Å². The van der Waals surface area contributed by atoms with Crippen molar-refractivity contribution in [1.29, 1.82) is 0 Å². The van der Waals surface area contributed by atoms with Crippen LogP contribution in [0.5, 0.6) is 0 Å². The molecule has 4 heteroatoms. The summed E-state index contributed by atoms with van der Waals surface area (Å²) in [5, 5.41) is 10.2. The summed E-state index contributed by atoms with van der Waals surface area (Å²) < 4.78 is 0. The Balaban J connectivity index is 2.50. The second kappa shape index (κ2) is 5.64. The molecule has 1 atom stereocenters. The van der Waals surface area contributed by atoms with E-state index in [1.165, 1.54) is 0 Å². The molecular formula is C12H24N2O2. The smallest absolute Gasteiger partial charge is 0.226 e. The molecule has 1 fully saturated rings. The van der Waals surface area contributed by atoms with Crippen molar-refractivity contribution in [2.24, 2.45) is 11.7 Å². The summed E-state index contributed by atoms with van der Waals surface area (Å²) in [7, 11) is 1.76. The van der Waals surface area contributed by atoms with Crippen LogP contribution in [0.15, 0.2) is 0 Å². The topological polar surface area (TPSA) is 66.6 Å². The van der Waals surface area contributed by atoms with E-state index in [9.17, 15) is 9.90 Å². The first-order valence-corrected chi connectivity index (χ1v) is 6.20. The van der Waals surface area contributed by atoms with Crippen molar-refractivity contribution in [3.8, 4) is 0 Å². The van der Waals surface area contributed by atoms with Crippen LogP contribution in [0.3, 0.4) is 0 Å². The zero-order valence-corrected chi connectivity index (χ0v) is 10.4. The fourth-order valence-electron chi connectivity index (χ4n) is 2.46. The Hall–Kier alpha value is -0.610. The molecular weight excluding hydrogens is 204 g/mol. The van der Waals surface area contributed by atoms with Gasteiger partial charge in [-0.15, -0.1) is 0 Å². The molecule has 1 saturated carbocycles. The molecule has 4 nitrogen and oxygen atoms in total. The third kappa shape index (κ3) is 3.19. The van der Waals surface area contributed by atoms with Gasteiger partial charge in [0.1, 0.15) is 0 Å². The first-order chi connectivity index (χ1) is 7.52. The van der Waals surface area contributed by atoms with Gasteiger partial charge >= 0.3 is 0 Å². The summed E-state index contributed by atoms with van der Waals surface area (Å²) in [5.74, 6) is -0.0414. The molecule has 0 spiro atoms. The highest BCUT2D eigenvalue weighted by Gasteiger charge is 2.34. The van der Waals surface area contributed by atoms with Gasteiger partial charge in [-0.05, 0) is 19.3 Å². The standard InChI is InChI=1S/C12H24N2O2/c1-3-10(8-13)11(15)14(2)9-12(16)6-4-5-7-12/h10,16H,3-9,13H2,1-2H3. The number of carbonyl (C=O) groups excluding carboxylic acids is 1. The Labute approximate surface area is 97.8 Å². The number of aliphatic hydroxyl groups is 1. The molecule has 0 aromatic carbocycles. The van der Waals surface area contributed by atoms with E-state index in [0.717, 1.165) is 32.1 Å². The second-order valence-electron chi connectivity index (χ2n) is 4.97. The maximum Gasteiger partial charge on any atom is 0.226 e. The van der Waals surface area contributed by atoms with E-state index in [1.54, 1.807) is 11.9 Å². The van der Waals surface area contributed by atoms with Gasteiger partial charge in [0.25, 0.3) is 0 Å². The average molecular weight is 228 g/mol. The summed E-state index contributed by atoms with van der Waals surface area (Å²) >= 11 is 0. The summed E-state index contributed by atoms with van der Waals surface area (Å²) in [6.07, 6.45) is 4.51. The molecule has 94 valence electrons. The minimum absolute atomic E-state index is 0.0605. The quantitative estimate of drug-likeness (QED) is 0.729. The Morgan fingerprint density at radius 1 is 1.50 bits per heavy atom. The number of amides is 1. The average Bonchev–Trinajstić information content (AvgIpc) is 2.66. The van der Waals surface area contributed by atoms with Gasteiger partial charge in [0.15, 0.2) is 0 Å². The molecule has 16 heavy (non-hydrogen) atoms. The molecule has 1 aliphatic carbocycles. The van der Waals surface area contributed by atoms with Crippen LogP contribution in [-0.2, 0) is 4.79 Å². The lowest BCUT2D eigenvalue weighted by Crippen LogP contribution is -2.45. The molecule has 0 aromatic heterocycles. The first-order valence-electron chi connectivity index (χ1n) is 6.20. The van der Waals surface area contributed by atoms with Gasteiger partial charge in [0.2, 0.25) is 5.91 Å². The fraction of sp³-hybridized carbons (Fsp3) is 0.917. The van der Waals surface area contributed by atoms with Crippen molar-refractivity contribution in [2.45, 2.75) is 44.6 Å². The lowest BCUT2D eigenvalue weighted by atomic mass is 10.00. The van der Waals surface area contributed by atoms with E-state index in [-0.39, 0.29) is 11.8 Å². The number of likely N-dealkylation sites (N-methyl/N-ethyl adjacent to an activating group) is 1. The van der Waals surface area contributed by atoms with E-state index in [4.69, 9.17) is 5.73 Å². The lowest BCUT2D eigenvalue weighted by Gasteiger charge is -2.30. The van der Waals surface area contributed by atoms with E-state index >= 15 is 0 Å². The van der Waals surface area contributed by atoms with Crippen LogP contribution in [0.2, 0.25) is 0 Å². The monoisotopic (exact) mass is 228 g/mol. The fourth-order valence-corrected chi connectivity index (χ4v) is 2.46. The van der Waals surface area contributed by atoms with Crippen LogP contribution in [0.4, 0.5) is 0 Å². The number of rotatable bonds is 5. The molecule has 1 aliphatic rings. The zero-order valence-electron chi connectivity index (χ0n) is 10.4. The predicted octanol–water partition coefficient (Wildman–Crippen LogP) is 0.735. The number of carbonyl (C=O) groups is 1. The SMILES string of the molecule is CCC(CN)C(=O)N(C)CC1(O)CCCC1. The number of hydrogen-bond acceptors (Lipinski definition) is 3. The highest BCUT2D eigenvalue weighted by atomic mass is 16.3. The Bertz CT molecular complexity index is 233. The maximum absolute atomic E-state index is 12.0. The number of hydrogen-bond donors (Lipinski definition) is 2. The molecule has 0 aromatic rings.